The minimum absolute atomic E-state index is 0.229. The molecule has 1 aromatic heterocycles. The van der Waals surface area contributed by atoms with Crippen LogP contribution in [-0.4, -0.2) is 39.4 Å². The molecular formula is C14H20N3O2S+. The summed E-state index contributed by atoms with van der Waals surface area (Å²) in [6, 6.07) is 6.21. The van der Waals surface area contributed by atoms with Crippen molar-refractivity contribution in [2.75, 3.05) is 27.2 Å². The molecule has 2 atom stereocenters. The van der Waals surface area contributed by atoms with Crippen molar-refractivity contribution in [1.82, 2.24) is 0 Å². The molecule has 5 nitrogen and oxygen atoms in total. The number of nitriles is 1. The largest absolute Gasteiger partial charge is 0.465 e. The number of quaternary nitrogens is 1. The third-order valence-electron chi connectivity index (χ3n) is 2.81. The molecule has 108 valence electrons. The van der Waals surface area contributed by atoms with E-state index in [9.17, 15) is 4.79 Å². The Morgan fingerprint density at radius 1 is 1.65 bits per heavy atom. The quantitative estimate of drug-likeness (QED) is 0.595. The molecule has 0 saturated heterocycles. The molecule has 6 heteroatoms. The van der Waals surface area contributed by atoms with Gasteiger partial charge in [0.25, 0.3) is 0 Å². The molecule has 0 fully saturated rings. The second-order valence-electron chi connectivity index (χ2n) is 4.52. The predicted octanol–water partition coefficient (Wildman–Crippen LogP) is 0.707. The van der Waals surface area contributed by atoms with E-state index >= 15 is 0 Å². The molecule has 0 saturated carbocycles. The topological polar surface area (TPSA) is 66.9 Å². The summed E-state index contributed by atoms with van der Waals surface area (Å²) in [5.74, 6) is -1.46. The van der Waals surface area contributed by atoms with Crippen LogP contribution in [0.1, 0.15) is 17.8 Å². The van der Waals surface area contributed by atoms with E-state index in [1.54, 1.807) is 18.3 Å². The van der Waals surface area contributed by atoms with Crippen LogP contribution in [0.2, 0.25) is 0 Å². The number of carbonyl (C=O) groups excluding carboxylic acids is 1. The van der Waals surface area contributed by atoms with Crippen molar-refractivity contribution < 1.29 is 14.4 Å². The molecule has 0 bridgehead atoms. The molecule has 0 unspecified atom stereocenters. The number of carbonyl (C=O) groups is 1. The number of hydrogen-bond acceptors (Lipinski definition) is 5. The van der Waals surface area contributed by atoms with Gasteiger partial charge in [0.1, 0.15) is 6.04 Å². The van der Waals surface area contributed by atoms with Crippen LogP contribution >= 0.6 is 11.3 Å². The second-order valence-corrected chi connectivity index (χ2v) is 5.50. The number of aliphatic imine (C=N–C) groups is 1. The fourth-order valence-electron chi connectivity index (χ4n) is 1.70. The monoisotopic (exact) mass is 294 g/mol. The van der Waals surface area contributed by atoms with Gasteiger partial charge in [-0.1, -0.05) is 6.07 Å². The molecule has 0 radical (unpaired) electrons. The maximum absolute atomic E-state index is 11.5. The Morgan fingerprint density at radius 3 is 2.90 bits per heavy atom. The van der Waals surface area contributed by atoms with Gasteiger partial charge in [0.05, 0.1) is 38.2 Å². The summed E-state index contributed by atoms with van der Waals surface area (Å²) in [5, 5.41) is 11.0. The SMILES string of the molecule is CCOC(=O)[C@@H](C#N)C=NC[C@@H](c1cccs1)[NH+](C)C. The van der Waals surface area contributed by atoms with Crippen LogP contribution in [0.15, 0.2) is 22.5 Å². The summed E-state index contributed by atoms with van der Waals surface area (Å²) in [6.07, 6.45) is 1.39. The first-order valence-electron chi connectivity index (χ1n) is 6.49. The zero-order valence-electron chi connectivity index (χ0n) is 12.0. The average Bonchev–Trinajstić information content (AvgIpc) is 2.92. The molecule has 0 aromatic carbocycles. The molecule has 20 heavy (non-hydrogen) atoms. The fraction of sp³-hybridized carbons (Fsp3) is 0.500. The van der Waals surface area contributed by atoms with E-state index in [1.165, 1.54) is 16.0 Å². The van der Waals surface area contributed by atoms with E-state index in [4.69, 9.17) is 10.00 Å². The Balaban J connectivity index is 2.65. The van der Waals surface area contributed by atoms with Crippen molar-refractivity contribution >= 4 is 23.5 Å². The van der Waals surface area contributed by atoms with E-state index in [0.29, 0.717) is 6.54 Å². The van der Waals surface area contributed by atoms with Crippen LogP contribution in [0.25, 0.3) is 0 Å². The smallest absolute Gasteiger partial charge is 0.328 e. The number of esters is 1. The predicted molar refractivity (Wildman–Crippen MR) is 79.0 cm³/mol. The van der Waals surface area contributed by atoms with Gasteiger partial charge in [0.15, 0.2) is 5.92 Å². The molecule has 1 aromatic rings. The third kappa shape index (κ3) is 4.76. The van der Waals surface area contributed by atoms with Gasteiger partial charge in [-0.15, -0.1) is 11.3 Å². The maximum Gasteiger partial charge on any atom is 0.328 e. The Labute approximate surface area is 123 Å². The van der Waals surface area contributed by atoms with Gasteiger partial charge < -0.3 is 9.64 Å². The van der Waals surface area contributed by atoms with Crippen LogP contribution < -0.4 is 4.90 Å². The lowest BCUT2D eigenvalue weighted by atomic mass is 10.2. The molecule has 0 aliphatic heterocycles. The molecule has 1 N–H and O–H groups in total. The van der Waals surface area contributed by atoms with Gasteiger partial charge in [-0.2, -0.15) is 5.26 Å². The van der Waals surface area contributed by atoms with Crippen molar-refractivity contribution in [1.29, 1.82) is 5.26 Å². The van der Waals surface area contributed by atoms with E-state index in [0.717, 1.165) is 0 Å². The zero-order valence-corrected chi connectivity index (χ0v) is 12.8. The highest BCUT2D eigenvalue weighted by molar-refractivity contribution is 7.10. The van der Waals surface area contributed by atoms with Gasteiger partial charge in [0, 0.05) is 6.21 Å². The van der Waals surface area contributed by atoms with Gasteiger partial charge in [0.2, 0.25) is 0 Å². The molecule has 1 heterocycles. The highest BCUT2D eigenvalue weighted by Crippen LogP contribution is 2.16. The maximum atomic E-state index is 11.5. The lowest BCUT2D eigenvalue weighted by Gasteiger charge is -2.18. The highest BCUT2D eigenvalue weighted by atomic mass is 32.1. The van der Waals surface area contributed by atoms with Crippen molar-refractivity contribution in [3.8, 4) is 6.07 Å². The Morgan fingerprint density at radius 2 is 2.40 bits per heavy atom. The molecule has 0 amide bonds. The van der Waals surface area contributed by atoms with Crippen molar-refractivity contribution in [2.24, 2.45) is 10.9 Å². The highest BCUT2D eigenvalue weighted by Gasteiger charge is 2.20. The fourth-order valence-corrected chi connectivity index (χ4v) is 2.64. The lowest BCUT2D eigenvalue weighted by molar-refractivity contribution is -0.890. The minimum Gasteiger partial charge on any atom is -0.465 e. The average molecular weight is 294 g/mol. The van der Waals surface area contributed by atoms with Crippen molar-refractivity contribution in [3.05, 3.63) is 22.4 Å². The Bertz CT molecular complexity index is 477. The number of nitrogens with zero attached hydrogens (tertiary/aromatic N) is 2. The summed E-state index contributed by atoms with van der Waals surface area (Å²) in [7, 11) is 4.13. The summed E-state index contributed by atoms with van der Waals surface area (Å²) in [6.45, 7) is 2.52. The van der Waals surface area contributed by atoms with E-state index in [2.05, 4.69) is 25.2 Å². The number of nitrogens with one attached hydrogen (secondary N) is 1. The van der Waals surface area contributed by atoms with Gasteiger partial charge in [-0.05, 0) is 18.4 Å². The molecule has 0 aliphatic carbocycles. The lowest BCUT2D eigenvalue weighted by Crippen LogP contribution is -3.06. The van der Waals surface area contributed by atoms with E-state index in [1.807, 2.05) is 17.5 Å². The first kappa shape index (κ1) is 16.3. The number of thiophene rings is 1. The molecule has 0 aliphatic rings. The number of ether oxygens (including phenoxy) is 1. The Kier molecular flexibility index (Phi) is 6.91. The number of rotatable bonds is 7. The first-order chi connectivity index (χ1) is 9.60. The van der Waals surface area contributed by atoms with Crippen molar-refractivity contribution in [2.45, 2.75) is 13.0 Å². The zero-order chi connectivity index (χ0) is 15.0. The van der Waals surface area contributed by atoms with E-state index in [-0.39, 0.29) is 12.6 Å². The summed E-state index contributed by atoms with van der Waals surface area (Å²) in [4.78, 5) is 18.2. The summed E-state index contributed by atoms with van der Waals surface area (Å²) in [5.41, 5.74) is 0. The molecule has 0 spiro atoms. The number of likely N-dealkylation sites (N-methyl/N-ethyl adjacent to an activating group) is 1. The van der Waals surface area contributed by atoms with Crippen LogP contribution in [0.4, 0.5) is 0 Å². The van der Waals surface area contributed by atoms with Crippen LogP contribution in [0, 0.1) is 17.2 Å². The molecular weight excluding hydrogens is 274 g/mol. The standard InChI is InChI=1S/C14H19N3O2S/c1-4-19-14(18)11(8-15)9-16-10-12(17(2)3)13-6-5-7-20-13/h5-7,9,11-12H,4,10H2,1-3H3/p+1/t11-,12-/m0/s1. The van der Waals surface area contributed by atoms with Crippen LogP contribution in [0.5, 0.6) is 0 Å². The Hall–Kier alpha value is -1.71. The third-order valence-corrected chi connectivity index (χ3v) is 3.79. The van der Waals surface area contributed by atoms with Gasteiger partial charge in [-0.3, -0.25) is 9.79 Å². The van der Waals surface area contributed by atoms with Gasteiger partial charge >= 0.3 is 5.97 Å². The first-order valence-corrected chi connectivity index (χ1v) is 7.37. The van der Waals surface area contributed by atoms with Crippen molar-refractivity contribution in [3.63, 3.8) is 0 Å². The van der Waals surface area contributed by atoms with Crippen LogP contribution in [-0.2, 0) is 9.53 Å². The summed E-state index contributed by atoms with van der Waals surface area (Å²) < 4.78 is 4.82. The number of hydrogen-bond donors (Lipinski definition) is 1. The van der Waals surface area contributed by atoms with Gasteiger partial charge in [-0.25, -0.2) is 0 Å². The van der Waals surface area contributed by atoms with Crippen LogP contribution in [0.3, 0.4) is 0 Å². The normalized spacial score (nSPS) is 14.2. The second kappa shape index (κ2) is 8.46. The molecule has 1 rings (SSSR count). The van der Waals surface area contributed by atoms with E-state index < -0.39 is 11.9 Å². The summed E-state index contributed by atoms with van der Waals surface area (Å²) >= 11 is 1.69. The minimum atomic E-state index is -0.920.